The molecule has 0 bridgehead atoms. The molecular weight excluding hydrogens is 397 g/mol. The Kier molecular flexibility index (Phi) is 5.43. The molecule has 138 valence electrons. The van der Waals surface area contributed by atoms with Gasteiger partial charge in [-0.3, -0.25) is 9.78 Å². The van der Waals surface area contributed by atoms with Gasteiger partial charge in [0.25, 0.3) is 5.91 Å². The van der Waals surface area contributed by atoms with E-state index in [0.29, 0.717) is 16.1 Å². The highest BCUT2D eigenvalue weighted by Crippen LogP contribution is 2.37. The van der Waals surface area contributed by atoms with Crippen LogP contribution in [0.1, 0.15) is 15.9 Å². The fourth-order valence-electron chi connectivity index (χ4n) is 2.52. The monoisotopic (exact) mass is 408 g/mol. The fourth-order valence-corrected chi connectivity index (χ4v) is 3.04. The van der Waals surface area contributed by atoms with Gasteiger partial charge in [0, 0.05) is 34.1 Å². The molecule has 3 aromatic rings. The van der Waals surface area contributed by atoms with Gasteiger partial charge in [-0.25, -0.2) is 0 Å². The van der Waals surface area contributed by atoms with E-state index < -0.39 is 22.7 Å². The van der Waals surface area contributed by atoms with Crippen molar-refractivity contribution in [2.45, 2.75) is 11.1 Å². The first-order chi connectivity index (χ1) is 12.8. The molecule has 0 atom stereocenters. The van der Waals surface area contributed by atoms with Gasteiger partial charge in [0.1, 0.15) is 0 Å². The molecule has 0 unspecified atom stereocenters. The van der Waals surface area contributed by atoms with Gasteiger partial charge in [0.2, 0.25) is 0 Å². The first-order valence-electron chi connectivity index (χ1n) is 7.68. The molecule has 0 saturated carbocycles. The molecule has 1 heterocycles. The summed E-state index contributed by atoms with van der Waals surface area (Å²) in [7, 11) is 0. The summed E-state index contributed by atoms with van der Waals surface area (Å²) in [6, 6.07) is 11.7. The number of carbonyl (C=O) groups is 1. The lowest BCUT2D eigenvalue weighted by Crippen LogP contribution is -2.15. The first kappa shape index (κ1) is 19.3. The van der Waals surface area contributed by atoms with Crippen molar-refractivity contribution in [2.24, 2.45) is 0 Å². The number of carbonyl (C=O) groups excluding carboxylic acids is 1. The average Bonchev–Trinajstić information content (AvgIpc) is 2.63. The molecule has 0 fully saturated rings. The van der Waals surface area contributed by atoms with Crippen molar-refractivity contribution < 1.29 is 18.0 Å². The maximum atomic E-state index is 13.0. The predicted octanol–water partition coefficient (Wildman–Crippen LogP) is 5.96. The largest absolute Gasteiger partial charge is 0.417 e. The minimum Gasteiger partial charge on any atom is -0.321 e. The topological polar surface area (TPSA) is 42.0 Å². The summed E-state index contributed by atoms with van der Waals surface area (Å²) in [6.07, 6.45) is -1.44. The zero-order chi connectivity index (χ0) is 19.6. The number of rotatable bonds is 3. The Balaban J connectivity index is 1.99. The van der Waals surface area contributed by atoms with Crippen molar-refractivity contribution in [3.05, 3.63) is 77.1 Å². The quantitative estimate of drug-likeness (QED) is 0.525. The molecule has 0 aliphatic carbocycles. The van der Waals surface area contributed by atoms with Gasteiger partial charge >= 0.3 is 6.18 Å². The molecule has 0 saturated heterocycles. The fraction of sp³-hybridized carbons (Fsp3) is 0.0526. The molecule has 3 rings (SSSR count). The van der Waals surface area contributed by atoms with Crippen LogP contribution < -0.4 is 5.32 Å². The van der Waals surface area contributed by atoms with Crippen molar-refractivity contribution in [1.29, 1.82) is 0 Å². The molecule has 0 aliphatic rings. The third-order valence-electron chi connectivity index (χ3n) is 3.77. The average molecular weight is 409 g/mol. The number of pyridine rings is 1. The van der Waals surface area contributed by atoms with E-state index in [-0.39, 0.29) is 5.56 Å². The van der Waals surface area contributed by atoms with Gasteiger partial charge in [-0.15, -0.1) is 12.6 Å². The summed E-state index contributed by atoms with van der Waals surface area (Å²) >= 11 is 10.1. The number of alkyl halides is 3. The van der Waals surface area contributed by atoms with Crippen LogP contribution in [0.25, 0.3) is 11.1 Å². The minimum atomic E-state index is -4.65. The summed E-state index contributed by atoms with van der Waals surface area (Å²) in [6.45, 7) is 0. The van der Waals surface area contributed by atoms with Gasteiger partial charge in [-0.1, -0.05) is 23.7 Å². The lowest BCUT2D eigenvalue weighted by molar-refractivity contribution is -0.137. The second-order valence-corrected chi connectivity index (χ2v) is 6.48. The highest BCUT2D eigenvalue weighted by Gasteiger charge is 2.34. The number of hydrogen-bond donors (Lipinski definition) is 2. The predicted molar refractivity (Wildman–Crippen MR) is 101 cm³/mol. The van der Waals surface area contributed by atoms with Crippen molar-refractivity contribution >= 4 is 35.8 Å². The Hall–Kier alpha value is -2.51. The smallest absolute Gasteiger partial charge is 0.321 e. The van der Waals surface area contributed by atoms with Crippen molar-refractivity contribution in [3.63, 3.8) is 0 Å². The molecule has 8 heteroatoms. The number of thiol groups is 1. The molecule has 0 radical (unpaired) electrons. The second-order valence-electron chi connectivity index (χ2n) is 5.59. The van der Waals surface area contributed by atoms with Crippen LogP contribution >= 0.6 is 24.2 Å². The third kappa shape index (κ3) is 4.26. The summed E-state index contributed by atoms with van der Waals surface area (Å²) in [5.74, 6) is -0.747. The van der Waals surface area contributed by atoms with E-state index in [4.69, 9.17) is 11.6 Å². The number of anilines is 1. The van der Waals surface area contributed by atoms with Crippen molar-refractivity contribution in [2.75, 3.05) is 5.32 Å². The van der Waals surface area contributed by atoms with Gasteiger partial charge in [0.15, 0.2) is 0 Å². The second kappa shape index (κ2) is 7.62. The van der Waals surface area contributed by atoms with Crippen LogP contribution in [0.3, 0.4) is 0 Å². The molecule has 1 aromatic heterocycles. The Morgan fingerprint density at radius 3 is 2.56 bits per heavy atom. The van der Waals surface area contributed by atoms with E-state index >= 15 is 0 Å². The van der Waals surface area contributed by atoms with E-state index in [1.165, 1.54) is 6.07 Å². The zero-order valence-electron chi connectivity index (χ0n) is 13.6. The highest BCUT2D eigenvalue weighted by atomic mass is 35.5. The summed E-state index contributed by atoms with van der Waals surface area (Å²) in [5, 5.41) is 1.98. The summed E-state index contributed by atoms with van der Waals surface area (Å²) < 4.78 is 39.1. The van der Waals surface area contributed by atoms with Crippen LogP contribution in [0.2, 0.25) is 5.02 Å². The van der Waals surface area contributed by atoms with E-state index in [0.717, 1.165) is 17.7 Å². The van der Waals surface area contributed by atoms with Gasteiger partial charge in [0.05, 0.1) is 16.1 Å². The van der Waals surface area contributed by atoms with E-state index in [1.54, 1.807) is 42.7 Å². The molecule has 0 aliphatic heterocycles. The Morgan fingerprint density at radius 2 is 1.89 bits per heavy atom. The van der Waals surface area contributed by atoms with Gasteiger partial charge < -0.3 is 5.32 Å². The molecular formula is C19H12ClF3N2OS. The van der Waals surface area contributed by atoms with Gasteiger partial charge in [-0.2, -0.15) is 13.2 Å². The van der Waals surface area contributed by atoms with Gasteiger partial charge in [-0.05, 0) is 36.4 Å². The molecule has 0 spiro atoms. The van der Waals surface area contributed by atoms with Crippen LogP contribution in [0.5, 0.6) is 0 Å². The van der Waals surface area contributed by atoms with Crippen LogP contribution in [0.15, 0.2) is 65.8 Å². The number of amides is 1. The van der Waals surface area contributed by atoms with E-state index in [9.17, 15) is 18.0 Å². The molecule has 1 N–H and O–H groups in total. The molecule has 3 nitrogen and oxygen atoms in total. The molecule has 27 heavy (non-hydrogen) atoms. The SMILES string of the molecule is O=C(Nc1ccc(S)cc1-c1cccnc1)c1cccc(C(F)(F)F)c1Cl. The lowest BCUT2D eigenvalue weighted by atomic mass is 10.0. The standard InChI is InChI=1S/C19H12ClF3N2OS/c20-17-13(4-1-5-15(17)19(21,22)23)18(26)25-16-7-6-12(27)9-14(16)11-3-2-8-24-10-11/h1-10,27H,(H,25,26). The minimum absolute atomic E-state index is 0.265. The molecule has 2 aromatic carbocycles. The number of halogens is 4. The maximum Gasteiger partial charge on any atom is 0.417 e. The normalized spacial score (nSPS) is 11.3. The molecule has 1 amide bonds. The number of aromatic nitrogens is 1. The Morgan fingerprint density at radius 1 is 1.11 bits per heavy atom. The lowest BCUT2D eigenvalue weighted by Gasteiger charge is -2.14. The van der Waals surface area contributed by atoms with Crippen LogP contribution in [-0.4, -0.2) is 10.9 Å². The Labute approximate surface area is 163 Å². The number of nitrogens with one attached hydrogen (secondary N) is 1. The number of benzene rings is 2. The number of hydrogen-bond acceptors (Lipinski definition) is 3. The van der Waals surface area contributed by atoms with E-state index in [1.807, 2.05) is 0 Å². The summed E-state index contributed by atoms with van der Waals surface area (Å²) in [5.41, 5.74) is 0.429. The van der Waals surface area contributed by atoms with Crippen LogP contribution in [0, 0.1) is 0 Å². The zero-order valence-corrected chi connectivity index (χ0v) is 15.2. The van der Waals surface area contributed by atoms with Crippen molar-refractivity contribution in [3.8, 4) is 11.1 Å². The highest BCUT2D eigenvalue weighted by molar-refractivity contribution is 7.80. The first-order valence-corrected chi connectivity index (χ1v) is 8.50. The third-order valence-corrected chi connectivity index (χ3v) is 4.46. The van der Waals surface area contributed by atoms with E-state index in [2.05, 4.69) is 22.9 Å². The maximum absolute atomic E-state index is 13.0. The van der Waals surface area contributed by atoms with Crippen LogP contribution in [0.4, 0.5) is 18.9 Å². The Bertz CT molecular complexity index is 994. The summed E-state index contributed by atoms with van der Waals surface area (Å²) in [4.78, 5) is 17.3. The van der Waals surface area contributed by atoms with Crippen molar-refractivity contribution in [1.82, 2.24) is 4.98 Å². The van der Waals surface area contributed by atoms with Crippen LogP contribution in [-0.2, 0) is 6.18 Å². The number of nitrogens with zero attached hydrogens (tertiary/aromatic N) is 1.